The van der Waals surface area contributed by atoms with Crippen LogP contribution in [0.5, 0.6) is 0 Å². The molecule has 1 N–H and O–H groups in total. The fourth-order valence-electron chi connectivity index (χ4n) is 2.31. The van der Waals surface area contributed by atoms with Gasteiger partial charge in [-0.15, -0.1) is 0 Å². The van der Waals surface area contributed by atoms with Gasteiger partial charge >= 0.3 is 0 Å². The summed E-state index contributed by atoms with van der Waals surface area (Å²) in [7, 11) is 2.98. The lowest BCUT2D eigenvalue weighted by Gasteiger charge is -2.12. The summed E-state index contributed by atoms with van der Waals surface area (Å²) in [5, 5.41) is 17.4. The number of nitrogens with zero attached hydrogens (tertiary/aromatic N) is 6. The minimum atomic E-state index is -0.659. The Kier molecular flexibility index (Phi) is 4.75. The lowest BCUT2D eigenvalue weighted by atomic mass is 10.0. The van der Waals surface area contributed by atoms with Crippen molar-refractivity contribution in [3.63, 3.8) is 0 Å². The average Bonchev–Trinajstić information content (AvgIpc) is 2.97. The van der Waals surface area contributed by atoms with Gasteiger partial charge in [0.1, 0.15) is 0 Å². The Hall–Kier alpha value is -2.78. The topological polar surface area (TPSA) is 108 Å². The van der Waals surface area contributed by atoms with E-state index in [0.717, 1.165) is 10.2 Å². The minimum Gasteiger partial charge on any atom is -0.288 e. The average molecular weight is 394 g/mol. The highest BCUT2D eigenvalue weighted by Crippen LogP contribution is 2.32. The van der Waals surface area contributed by atoms with E-state index in [-0.39, 0.29) is 22.2 Å². The third-order valence-electron chi connectivity index (χ3n) is 3.64. The Labute approximate surface area is 157 Å². The second-order valence-electron chi connectivity index (χ2n) is 5.53. The molecule has 3 rings (SSSR count). The molecule has 0 saturated carbocycles. The standard InChI is InChI=1S/C15H13Cl2N7O2/c1-7-4-5-8(9(16)6-7)10-11(17)12(20-23(2)14(10)26)13(25)18-15-19-21-22-24(15)3/h4-6H,1-3H3,(H,18,19,22,25). The number of aryl methyl sites for hydroxylation is 3. The predicted molar refractivity (Wildman–Crippen MR) is 96.4 cm³/mol. The molecule has 1 amide bonds. The summed E-state index contributed by atoms with van der Waals surface area (Å²) in [5.41, 5.74) is 0.810. The first-order valence-electron chi connectivity index (χ1n) is 7.36. The molecule has 0 bridgehead atoms. The van der Waals surface area contributed by atoms with Crippen molar-refractivity contribution in [2.24, 2.45) is 14.1 Å². The summed E-state index contributed by atoms with van der Waals surface area (Å²) >= 11 is 12.6. The quantitative estimate of drug-likeness (QED) is 0.727. The summed E-state index contributed by atoms with van der Waals surface area (Å²) in [5.74, 6) is -0.551. The van der Waals surface area contributed by atoms with Gasteiger partial charge in [0.25, 0.3) is 11.5 Å². The van der Waals surface area contributed by atoms with Crippen LogP contribution in [0, 0.1) is 6.92 Å². The summed E-state index contributed by atoms with van der Waals surface area (Å²) in [6.07, 6.45) is 0. The number of hydrogen-bond donors (Lipinski definition) is 1. The number of anilines is 1. The van der Waals surface area contributed by atoms with Crippen molar-refractivity contribution in [1.82, 2.24) is 30.0 Å². The van der Waals surface area contributed by atoms with Crippen molar-refractivity contribution in [2.75, 3.05) is 5.32 Å². The fourth-order valence-corrected chi connectivity index (χ4v) is 2.95. The van der Waals surface area contributed by atoms with Gasteiger partial charge in [0.15, 0.2) is 5.69 Å². The van der Waals surface area contributed by atoms with Crippen molar-refractivity contribution < 1.29 is 4.79 Å². The molecule has 2 heterocycles. The summed E-state index contributed by atoms with van der Waals surface area (Å²) in [4.78, 5) is 25.1. The molecule has 9 nitrogen and oxygen atoms in total. The molecule has 3 aromatic rings. The molecule has 2 aromatic heterocycles. The van der Waals surface area contributed by atoms with Gasteiger partial charge in [0.2, 0.25) is 5.95 Å². The van der Waals surface area contributed by atoms with Crippen molar-refractivity contribution in [3.05, 3.63) is 49.9 Å². The second-order valence-corrected chi connectivity index (χ2v) is 6.32. The first-order valence-corrected chi connectivity index (χ1v) is 8.12. The fraction of sp³-hybridized carbons (Fsp3) is 0.200. The van der Waals surface area contributed by atoms with Crippen LogP contribution in [0.1, 0.15) is 16.1 Å². The van der Waals surface area contributed by atoms with E-state index in [1.165, 1.54) is 11.7 Å². The predicted octanol–water partition coefficient (Wildman–Crippen LogP) is 1.84. The molecule has 0 aliphatic carbocycles. The zero-order chi connectivity index (χ0) is 19.0. The highest BCUT2D eigenvalue weighted by atomic mass is 35.5. The summed E-state index contributed by atoms with van der Waals surface area (Å²) < 4.78 is 2.30. The molecular formula is C15H13Cl2N7O2. The Morgan fingerprint density at radius 1 is 1.19 bits per heavy atom. The number of aromatic nitrogens is 6. The zero-order valence-electron chi connectivity index (χ0n) is 14.0. The molecule has 0 atom stereocenters. The molecule has 0 unspecified atom stereocenters. The monoisotopic (exact) mass is 393 g/mol. The number of rotatable bonds is 3. The lowest BCUT2D eigenvalue weighted by molar-refractivity contribution is 0.101. The summed E-state index contributed by atoms with van der Waals surface area (Å²) in [6, 6.07) is 5.18. The number of amides is 1. The van der Waals surface area contributed by atoms with Crippen LogP contribution in [-0.2, 0) is 14.1 Å². The third kappa shape index (κ3) is 3.18. The van der Waals surface area contributed by atoms with Crippen molar-refractivity contribution in [1.29, 1.82) is 0 Å². The van der Waals surface area contributed by atoms with Gasteiger partial charge in [-0.1, -0.05) is 40.4 Å². The minimum absolute atomic E-state index is 0.0930. The van der Waals surface area contributed by atoms with Crippen LogP contribution in [0.25, 0.3) is 11.1 Å². The molecule has 11 heteroatoms. The van der Waals surface area contributed by atoms with Gasteiger partial charge in [0.05, 0.1) is 10.6 Å². The van der Waals surface area contributed by atoms with Gasteiger partial charge in [-0.05, 0) is 29.0 Å². The highest BCUT2D eigenvalue weighted by molar-refractivity contribution is 6.38. The Bertz CT molecular complexity index is 1070. The number of benzene rings is 1. The first-order chi connectivity index (χ1) is 12.3. The number of carbonyl (C=O) groups is 1. The molecule has 134 valence electrons. The van der Waals surface area contributed by atoms with Gasteiger partial charge in [-0.25, -0.2) is 9.36 Å². The largest absolute Gasteiger partial charge is 0.288 e. The van der Waals surface area contributed by atoms with Crippen LogP contribution in [0.4, 0.5) is 5.95 Å². The van der Waals surface area contributed by atoms with E-state index in [9.17, 15) is 9.59 Å². The van der Waals surface area contributed by atoms with E-state index in [0.29, 0.717) is 10.6 Å². The SMILES string of the molecule is Cc1ccc(-c2c(Cl)c(C(=O)Nc3nnnn3C)nn(C)c2=O)c(Cl)c1. The first kappa shape index (κ1) is 18.0. The molecule has 0 spiro atoms. The van der Waals surface area contributed by atoms with Gasteiger partial charge < -0.3 is 0 Å². The molecule has 26 heavy (non-hydrogen) atoms. The molecular weight excluding hydrogens is 381 g/mol. The number of hydrogen-bond acceptors (Lipinski definition) is 6. The number of nitrogens with one attached hydrogen (secondary N) is 1. The second kappa shape index (κ2) is 6.85. The smallest absolute Gasteiger partial charge is 0.280 e. The van der Waals surface area contributed by atoms with E-state index < -0.39 is 11.5 Å². The molecule has 1 aromatic carbocycles. The number of tetrazole rings is 1. The van der Waals surface area contributed by atoms with Crippen molar-refractivity contribution in [3.8, 4) is 11.1 Å². The van der Waals surface area contributed by atoms with E-state index >= 15 is 0 Å². The van der Waals surface area contributed by atoms with Crippen LogP contribution >= 0.6 is 23.2 Å². The van der Waals surface area contributed by atoms with E-state index in [4.69, 9.17) is 23.2 Å². The molecule has 0 fully saturated rings. The van der Waals surface area contributed by atoms with Crippen LogP contribution in [0.2, 0.25) is 10.0 Å². The van der Waals surface area contributed by atoms with E-state index in [1.807, 2.05) is 6.92 Å². The van der Waals surface area contributed by atoms with Gasteiger partial charge in [-0.3, -0.25) is 14.9 Å². The normalized spacial score (nSPS) is 10.8. The van der Waals surface area contributed by atoms with E-state index in [2.05, 4.69) is 25.9 Å². The maximum absolute atomic E-state index is 12.6. The zero-order valence-corrected chi connectivity index (χ0v) is 15.5. The van der Waals surface area contributed by atoms with Crippen molar-refractivity contribution in [2.45, 2.75) is 6.92 Å². The van der Waals surface area contributed by atoms with Gasteiger partial charge in [0, 0.05) is 24.7 Å². The Balaban J connectivity index is 2.14. The molecule has 0 saturated heterocycles. The van der Waals surface area contributed by atoms with Crippen LogP contribution in [0.3, 0.4) is 0 Å². The Morgan fingerprint density at radius 2 is 1.92 bits per heavy atom. The van der Waals surface area contributed by atoms with Gasteiger partial charge in [-0.2, -0.15) is 5.10 Å². The Morgan fingerprint density at radius 3 is 2.54 bits per heavy atom. The molecule has 0 aliphatic rings. The third-order valence-corrected chi connectivity index (χ3v) is 4.32. The van der Waals surface area contributed by atoms with Crippen LogP contribution in [0.15, 0.2) is 23.0 Å². The van der Waals surface area contributed by atoms with Crippen LogP contribution < -0.4 is 10.9 Å². The van der Waals surface area contributed by atoms with Crippen LogP contribution in [-0.4, -0.2) is 35.9 Å². The maximum Gasteiger partial charge on any atom is 0.280 e. The summed E-state index contributed by atoms with van der Waals surface area (Å²) in [6.45, 7) is 1.87. The molecule has 0 aliphatic heterocycles. The molecule has 0 radical (unpaired) electrons. The lowest BCUT2D eigenvalue weighted by Crippen LogP contribution is -2.27. The van der Waals surface area contributed by atoms with Crippen molar-refractivity contribution >= 4 is 35.1 Å². The number of carbonyl (C=O) groups excluding carboxylic acids is 1. The number of halogens is 2. The highest BCUT2D eigenvalue weighted by Gasteiger charge is 2.23. The van der Waals surface area contributed by atoms with E-state index in [1.54, 1.807) is 25.2 Å². The maximum atomic E-state index is 12.6.